The molecule has 7 atom stereocenters. The lowest BCUT2D eigenvalue weighted by atomic mass is 10.1. The number of likely N-dealkylation sites (tertiary alicyclic amines) is 3. The van der Waals surface area contributed by atoms with Crippen molar-refractivity contribution in [3.63, 3.8) is 0 Å². The molecular weight excluding hydrogens is 477 g/mol. The summed E-state index contributed by atoms with van der Waals surface area (Å²) in [6.45, 7) is 7.84. The molecule has 5 rings (SSSR count). The minimum absolute atomic E-state index is 0.0411. The van der Waals surface area contributed by atoms with E-state index in [1.165, 1.54) is 12.1 Å². The maximum Gasteiger partial charge on any atom is 0.408 e. The van der Waals surface area contributed by atoms with E-state index >= 15 is 0 Å². The standard InChI is InChI=1S/C27H34FN5O4/c1-15(16-6-5-7-18(28)8-16)32-20-11-23(25(32)35)31(13-20)14-21(30-26(36)37-27(2,3)4)24(34)33-19(12-29)9-17-10-22(17)33/h5-8,15,17,19-23H,9-11,13-14H2,1-4H3,(H,30,36)/t15-,17-,19+,20?,21+,22+,23-/m1/s1. The number of halogens is 1. The van der Waals surface area contributed by atoms with Gasteiger partial charge in [0.15, 0.2) is 0 Å². The first-order valence-corrected chi connectivity index (χ1v) is 13.0. The summed E-state index contributed by atoms with van der Waals surface area (Å²) in [4.78, 5) is 45.1. The smallest absolute Gasteiger partial charge is 0.408 e. The normalized spacial score (nSPS) is 30.1. The number of alkyl carbamates (subject to hydrolysis) is 1. The number of piperazine rings is 1. The van der Waals surface area contributed by atoms with Crippen molar-refractivity contribution in [3.05, 3.63) is 35.6 Å². The molecule has 3 heterocycles. The highest BCUT2D eigenvalue weighted by Gasteiger charge is 2.56. The second-order valence-electron chi connectivity index (χ2n) is 11.7. The number of nitriles is 1. The zero-order valence-corrected chi connectivity index (χ0v) is 21.7. The van der Waals surface area contributed by atoms with E-state index in [1.54, 1.807) is 31.7 Å². The topological polar surface area (TPSA) is 106 Å². The predicted molar refractivity (Wildman–Crippen MR) is 131 cm³/mol. The zero-order valence-electron chi connectivity index (χ0n) is 21.7. The highest BCUT2D eigenvalue weighted by atomic mass is 19.1. The molecule has 3 saturated heterocycles. The first-order chi connectivity index (χ1) is 17.5. The molecule has 10 heteroatoms. The summed E-state index contributed by atoms with van der Waals surface area (Å²) in [5, 5.41) is 12.3. The Morgan fingerprint density at radius 2 is 2.03 bits per heavy atom. The number of hydrogen-bond acceptors (Lipinski definition) is 6. The maximum atomic E-state index is 13.8. The van der Waals surface area contributed by atoms with E-state index in [-0.39, 0.29) is 42.3 Å². The van der Waals surface area contributed by atoms with Gasteiger partial charge in [0.05, 0.1) is 18.2 Å². The number of rotatable bonds is 6. The van der Waals surface area contributed by atoms with Gasteiger partial charge in [-0.1, -0.05) is 12.1 Å². The van der Waals surface area contributed by atoms with Crippen LogP contribution in [0.3, 0.4) is 0 Å². The van der Waals surface area contributed by atoms with Gasteiger partial charge in [-0.25, -0.2) is 9.18 Å². The van der Waals surface area contributed by atoms with Crippen LogP contribution in [-0.4, -0.2) is 81.5 Å². The first kappa shape index (κ1) is 25.5. The molecule has 1 N–H and O–H groups in total. The van der Waals surface area contributed by atoms with Crippen molar-refractivity contribution in [2.75, 3.05) is 13.1 Å². The number of amides is 3. The monoisotopic (exact) mass is 511 g/mol. The Kier molecular flexibility index (Phi) is 6.39. The number of nitrogens with one attached hydrogen (secondary N) is 1. The summed E-state index contributed by atoms with van der Waals surface area (Å²) in [5.74, 6) is -0.358. The van der Waals surface area contributed by atoms with Gasteiger partial charge in [-0.2, -0.15) is 5.26 Å². The fourth-order valence-corrected chi connectivity index (χ4v) is 6.26. The second-order valence-corrected chi connectivity index (χ2v) is 11.7. The van der Waals surface area contributed by atoms with Crippen LogP contribution in [0.4, 0.5) is 9.18 Å². The van der Waals surface area contributed by atoms with Crippen LogP contribution in [0.2, 0.25) is 0 Å². The summed E-state index contributed by atoms with van der Waals surface area (Å²) in [6, 6.07) is 6.36. The molecular formula is C27H34FN5O4. The van der Waals surface area contributed by atoms with Gasteiger partial charge in [-0.15, -0.1) is 0 Å². The van der Waals surface area contributed by atoms with Crippen LogP contribution in [0.25, 0.3) is 0 Å². The largest absolute Gasteiger partial charge is 0.444 e. The Hall–Kier alpha value is -3.19. The predicted octanol–water partition coefficient (Wildman–Crippen LogP) is 2.58. The first-order valence-electron chi connectivity index (χ1n) is 13.0. The molecule has 1 saturated carbocycles. The third kappa shape index (κ3) is 4.89. The van der Waals surface area contributed by atoms with Crippen LogP contribution in [0.15, 0.2) is 24.3 Å². The lowest BCUT2D eigenvalue weighted by Crippen LogP contribution is -2.59. The van der Waals surface area contributed by atoms with Gasteiger partial charge in [-0.3, -0.25) is 14.5 Å². The minimum Gasteiger partial charge on any atom is -0.444 e. The molecule has 1 aromatic carbocycles. The van der Waals surface area contributed by atoms with Gasteiger partial charge in [0.1, 0.15) is 23.5 Å². The molecule has 4 fully saturated rings. The molecule has 0 spiro atoms. The fourth-order valence-electron chi connectivity index (χ4n) is 6.26. The SMILES string of the molecule is C[C@H](c1cccc(F)c1)N1C(=O)[C@H]2CC1CN2C[C@H](NC(=O)OC(C)(C)C)C(=O)N1[C@H](C#N)C[C@@H]2C[C@@H]21. The van der Waals surface area contributed by atoms with E-state index in [0.29, 0.717) is 25.3 Å². The number of fused-ring (bicyclic) bond motifs is 3. The van der Waals surface area contributed by atoms with Crippen molar-refractivity contribution in [1.29, 1.82) is 5.26 Å². The van der Waals surface area contributed by atoms with Crippen molar-refractivity contribution in [3.8, 4) is 6.07 Å². The quantitative estimate of drug-likeness (QED) is 0.629. The number of ether oxygens (including phenoxy) is 1. The molecule has 198 valence electrons. The summed E-state index contributed by atoms with van der Waals surface area (Å²) in [7, 11) is 0. The zero-order chi connectivity index (χ0) is 26.6. The van der Waals surface area contributed by atoms with Gasteiger partial charge in [0.25, 0.3) is 0 Å². The van der Waals surface area contributed by atoms with Gasteiger partial charge in [-0.05, 0) is 70.6 Å². The van der Waals surface area contributed by atoms with Crippen LogP contribution < -0.4 is 5.32 Å². The molecule has 9 nitrogen and oxygen atoms in total. The van der Waals surface area contributed by atoms with Crippen molar-refractivity contribution in [1.82, 2.24) is 20.0 Å². The third-order valence-corrected chi connectivity index (χ3v) is 7.98. The molecule has 1 aromatic rings. The van der Waals surface area contributed by atoms with E-state index in [4.69, 9.17) is 4.74 Å². The third-order valence-electron chi connectivity index (χ3n) is 7.98. The molecule has 1 aliphatic carbocycles. The number of carbonyl (C=O) groups excluding carboxylic acids is 3. The Bertz CT molecular complexity index is 1150. The molecule has 4 aliphatic rings. The number of carbonyl (C=O) groups is 3. The van der Waals surface area contributed by atoms with Crippen molar-refractivity contribution in [2.24, 2.45) is 5.92 Å². The van der Waals surface area contributed by atoms with Crippen molar-refractivity contribution >= 4 is 17.9 Å². The molecule has 0 radical (unpaired) electrons. The Morgan fingerprint density at radius 3 is 2.68 bits per heavy atom. The molecule has 3 aliphatic heterocycles. The summed E-state index contributed by atoms with van der Waals surface area (Å²) < 4.78 is 19.2. The average Bonchev–Trinajstić information content (AvgIpc) is 3.15. The molecule has 37 heavy (non-hydrogen) atoms. The summed E-state index contributed by atoms with van der Waals surface area (Å²) in [6.07, 6.45) is 1.44. The van der Waals surface area contributed by atoms with Gasteiger partial charge < -0.3 is 19.9 Å². The number of nitrogens with zero attached hydrogens (tertiary/aromatic N) is 4. The van der Waals surface area contributed by atoms with Gasteiger partial charge in [0, 0.05) is 25.2 Å². The van der Waals surface area contributed by atoms with Gasteiger partial charge >= 0.3 is 6.09 Å². The molecule has 3 amide bonds. The number of benzene rings is 1. The van der Waals surface area contributed by atoms with E-state index in [9.17, 15) is 24.0 Å². The summed E-state index contributed by atoms with van der Waals surface area (Å²) in [5.41, 5.74) is 0.000812. The number of piperidine rings is 1. The Morgan fingerprint density at radius 1 is 1.27 bits per heavy atom. The number of hydrogen-bond donors (Lipinski definition) is 1. The Balaban J connectivity index is 1.31. The highest BCUT2D eigenvalue weighted by Crippen LogP contribution is 2.48. The van der Waals surface area contributed by atoms with Crippen LogP contribution in [0.1, 0.15) is 58.6 Å². The second kappa shape index (κ2) is 9.28. The summed E-state index contributed by atoms with van der Waals surface area (Å²) >= 11 is 0. The van der Waals surface area contributed by atoms with Crippen molar-refractivity contribution in [2.45, 2.75) is 88.8 Å². The average molecular weight is 512 g/mol. The molecule has 1 unspecified atom stereocenters. The van der Waals surface area contributed by atoms with Crippen molar-refractivity contribution < 1.29 is 23.5 Å². The highest BCUT2D eigenvalue weighted by molar-refractivity contribution is 5.89. The Labute approximate surface area is 216 Å². The van der Waals surface area contributed by atoms with Crippen LogP contribution in [0, 0.1) is 23.1 Å². The lowest BCUT2D eigenvalue weighted by molar-refractivity contribution is -0.141. The maximum absolute atomic E-state index is 13.8. The minimum atomic E-state index is -0.939. The van der Waals surface area contributed by atoms with E-state index < -0.39 is 29.8 Å². The van der Waals surface area contributed by atoms with Crippen LogP contribution >= 0.6 is 0 Å². The van der Waals surface area contributed by atoms with Crippen LogP contribution in [-0.2, 0) is 14.3 Å². The van der Waals surface area contributed by atoms with E-state index in [2.05, 4.69) is 11.4 Å². The van der Waals surface area contributed by atoms with Crippen LogP contribution in [0.5, 0.6) is 0 Å². The van der Waals surface area contributed by atoms with E-state index in [0.717, 1.165) is 12.0 Å². The molecule has 2 bridgehead atoms. The fraction of sp³-hybridized carbons (Fsp3) is 0.630. The molecule has 0 aromatic heterocycles. The van der Waals surface area contributed by atoms with E-state index in [1.807, 2.05) is 22.8 Å². The van der Waals surface area contributed by atoms with Gasteiger partial charge in [0.2, 0.25) is 11.8 Å². The lowest BCUT2D eigenvalue weighted by Gasteiger charge is -2.39.